The molecule has 1 fully saturated rings. The number of hydrogen-bond acceptors (Lipinski definition) is 6. The average Bonchev–Trinajstić information content (AvgIpc) is 3.24. The summed E-state index contributed by atoms with van der Waals surface area (Å²) in [6, 6.07) is 12.4. The lowest BCUT2D eigenvalue weighted by molar-refractivity contribution is 0.0250. The van der Waals surface area contributed by atoms with Crippen molar-refractivity contribution in [2.24, 2.45) is 5.92 Å². The van der Waals surface area contributed by atoms with E-state index in [-0.39, 0.29) is 28.4 Å². The summed E-state index contributed by atoms with van der Waals surface area (Å²) in [7, 11) is -4.71. The lowest BCUT2D eigenvalue weighted by atomic mass is 9.88. The zero-order chi connectivity index (χ0) is 23.8. The molecule has 6 nitrogen and oxygen atoms in total. The molecule has 0 unspecified atom stereocenters. The third-order valence-corrected chi connectivity index (χ3v) is 7.19. The molecule has 3 aromatic rings. The van der Waals surface area contributed by atoms with Crippen LogP contribution in [-0.4, -0.2) is 24.5 Å². The van der Waals surface area contributed by atoms with Gasteiger partial charge in [0.25, 0.3) is 0 Å². The summed E-state index contributed by atoms with van der Waals surface area (Å²) >= 11 is 0. The van der Waals surface area contributed by atoms with Crippen LogP contribution < -0.4 is 9.47 Å². The summed E-state index contributed by atoms with van der Waals surface area (Å²) in [6.07, 6.45) is 3.65. The van der Waals surface area contributed by atoms with Crippen molar-refractivity contribution in [3.63, 3.8) is 0 Å². The van der Waals surface area contributed by atoms with Crippen molar-refractivity contribution < 1.29 is 31.6 Å². The first-order valence-corrected chi connectivity index (χ1v) is 12.2. The number of fused-ring (bicyclic) bond motifs is 1. The van der Waals surface area contributed by atoms with Crippen LogP contribution in [0.1, 0.15) is 49.9 Å². The van der Waals surface area contributed by atoms with Crippen LogP contribution >= 0.6 is 0 Å². The van der Waals surface area contributed by atoms with Gasteiger partial charge in [-0.3, -0.25) is 0 Å². The predicted molar refractivity (Wildman–Crippen MR) is 120 cm³/mol. The van der Waals surface area contributed by atoms with Crippen molar-refractivity contribution in [2.75, 3.05) is 0 Å². The van der Waals surface area contributed by atoms with Crippen molar-refractivity contribution in [1.29, 1.82) is 0 Å². The van der Waals surface area contributed by atoms with E-state index in [2.05, 4.69) is 0 Å². The number of rotatable bonds is 6. The highest BCUT2D eigenvalue weighted by atomic mass is 32.2. The molecular weight excluding hydrogens is 447 g/mol. The highest BCUT2D eigenvalue weighted by molar-refractivity contribution is 7.86. The van der Waals surface area contributed by atoms with Gasteiger partial charge in [-0.1, -0.05) is 38.1 Å². The lowest BCUT2D eigenvalue weighted by Crippen LogP contribution is -2.38. The second-order valence-electron chi connectivity index (χ2n) is 8.62. The molecule has 0 bridgehead atoms. The minimum Gasteiger partial charge on any atom is -0.744 e. The fourth-order valence-electron chi connectivity index (χ4n) is 4.41. The molecule has 0 aromatic heterocycles. The first kappa shape index (κ1) is 23.2. The van der Waals surface area contributed by atoms with E-state index in [9.17, 15) is 22.2 Å². The van der Waals surface area contributed by atoms with Gasteiger partial charge in [0.15, 0.2) is 11.6 Å². The zero-order valence-electron chi connectivity index (χ0n) is 18.3. The summed E-state index contributed by atoms with van der Waals surface area (Å²) in [4.78, 5) is 12.5. The molecule has 3 aromatic carbocycles. The molecule has 1 aliphatic carbocycles. The molecule has 1 saturated carbocycles. The second-order valence-corrected chi connectivity index (χ2v) is 9.97. The molecule has 4 rings (SSSR count). The lowest BCUT2D eigenvalue weighted by Gasteiger charge is -2.34. The first-order valence-electron chi connectivity index (χ1n) is 10.8. The van der Waals surface area contributed by atoms with E-state index < -0.39 is 32.4 Å². The maximum Gasteiger partial charge on any atom is 0.343 e. The molecule has 0 N–H and O–H groups in total. The van der Waals surface area contributed by atoms with E-state index in [1.807, 2.05) is 13.8 Å². The van der Waals surface area contributed by atoms with E-state index in [1.165, 1.54) is 30.3 Å². The molecule has 0 spiro atoms. The minimum atomic E-state index is -4.71. The van der Waals surface area contributed by atoms with E-state index in [0.717, 1.165) is 31.7 Å². The Kier molecular flexibility index (Phi) is 6.16. The van der Waals surface area contributed by atoms with Gasteiger partial charge in [-0.05, 0) is 61.9 Å². The van der Waals surface area contributed by atoms with Crippen LogP contribution in [0.15, 0.2) is 59.5 Å². The van der Waals surface area contributed by atoms with Crippen molar-refractivity contribution >= 4 is 26.9 Å². The van der Waals surface area contributed by atoms with Crippen LogP contribution in [0.2, 0.25) is 0 Å². The summed E-state index contributed by atoms with van der Waals surface area (Å²) in [6.45, 7) is 4.08. The number of carbonyl (C=O) groups is 1. The van der Waals surface area contributed by atoms with Gasteiger partial charge in [-0.25, -0.2) is 17.6 Å². The third kappa shape index (κ3) is 4.58. The zero-order valence-corrected chi connectivity index (χ0v) is 19.2. The Balaban J connectivity index is 1.65. The van der Waals surface area contributed by atoms with Crippen LogP contribution in [-0.2, 0) is 10.1 Å². The number of hydrogen-bond donors (Lipinski definition) is 0. The van der Waals surface area contributed by atoms with Gasteiger partial charge in [0.05, 0.1) is 10.5 Å². The van der Waals surface area contributed by atoms with E-state index in [4.69, 9.17) is 9.47 Å². The van der Waals surface area contributed by atoms with Crippen molar-refractivity contribution in [3.8, 4) is 11.5 Å². The normalized spacial score (nSPS) is 15.7. The Labute approximate surface area is 192 Å². The Hall–Kier alpha value is -2.97. The van der Waals surface area contributed by atoms with Crippen molar-refractivity contribution in [3.05, 3.63) is 66.0 Å². The molecule has 33 heavy (non-hydrogen) atoms. The molecule has 0 heterocycles. The topological polar surface area (TPSA) is 92.7 Å². The quantitative estimate of drug-likeness (QED) is 0.270. The van der Waals surface area contributed by atoms with Crippen molar-refractivity contribution in [2.45, 2.75) is 50.0 Å². The van der Waals surface area contributed by atoms with Gasteiger partial charge in [-0.2, -0.15) is 0 Å². The summed E-state index contributed by atoms with van der Waals surface area (Å²) in [5, 5.41) is 0.451. The molecular formula is C25H24FO6S-. The molecule has 0 amide bonds. The molecule has 174 valence electrons. The monoisotopic (exact) mass is 471 g/mol. The number of benzene rings is 3. The maximum absolute atomic E-state index is 14.5. The Morgan fingerprint density at radius 3 is 2.30 bits per heavy atom. The highest BCUT2D eigenvalue weighted by Gasteiger charge is 2.39. The number of carbonyl (C=O) groups excluding carboxylic acids is 1. The predicted octanol–water partition coefficient (Wildman–Crippen LogP) is 5.45. The summed E-state index contributed by atoms with van der Waals surface area (Å²) in [5.41, 5.74) is -0.382. The summed E-state index contributed by atoms with van der Waals surface area (Å²) in [5.74, 6) is -1.05. The minimum absolute atomic E-state index is 0.00213. The molecule has 8 heteroatoms. The van der Waals surface area contributed by atoms with Crippen LogP contribution in [0.4, 0.5) is 4.39 Å². The van der Waals surface area contributed by atoms with E-state index >= 15 is 0 Å². The van der Waals surface area contributed by atoms with Gasteiger partial charge in [0.1, 0.15) is 21.5 Å². The third-order valence-electron chi connectivity index (χ3n) is 6.30. The SMILES string of the molecule is CC(C)C1(Oc2cc(C(=O)Oc3ccc(S(=O)(=O)[O-])c4ccccc34)ccc2F)CCCC1. The second kappa shape index (κ2) is 8.76. The standard InChI is InChI=1S/C25H25FO6S/c1-16(2)25(13-5-6-14-25)32-22-15-17(9-10-20(22)26)24(27)31-21-11-12-23(33(28,29)30)19-8-4-3-7-18(19)21/h3-4,7-12,15-16H,5-6,13-14H2,1-2H3,(H,28,29,30)/p-1. The van der Waals surface area contributed by atoms with Crippen molar-refractivity contribution in [1.82, 2.24) is 0 Å². The molecule has 0 saturated heterocycles. The smallest absolute Gasteiger partial charge is 0.343 e. The highest BCUT2D eigenvalue weighted by Crippen LogP contribution is 2.41. The largest absolute Gasteiger partial charge is 0.744 e. The Bertz CT molecular complexity index is 1310. The molecule has 0 radical (unpaired) electrons. The van der Waals surface area contributed by atoms with Gasteiger partial charge < -0.3 is 14.0 Å². The van der Waals surface area contributed by atoms with Crippen LogP contribution in [0.3, 0.4) is 0 Å². The van der Waals surface area contributed by atoms with Crippen LogP contribution in [0.25, 0.3) is 10.8 Å². The van der Waals surface area contributed by atoms with Gasteiger partial charge >= 0.3 is 5.97 Å². The average molecular weight is 472 g/mol. The number of esters is 1. The van der Waals surface area contributed by atoms with E-state index in [1.54, 1.807) is 18.2 Å². The molecule has 0 atom stereocenters. The fraction of sp³-hybridized carbons (Fsp3) is 0.320. The summed E-state index contributed by atoms with van der Waals surface area (Å²) < 4.78 is 60.9. The Morgan fingerprint density at radius 1 is 1.00 bits per heavy atom. The molecule has 1 aliphatic rings. The maximum atomic E-state index is 14.5. The number of ether oxygens (including phenoxy) is 2. The molecule has 0 aliphatic heterocycles. The van der Waals surface area contributed by atoms with Gasteiger partial charge in [-0.15, -0.1) is 0 Å². The fourth-order valence-corrected chi connectivity index (χ4v) is 5.09. The van der Waals surface area contributed by atoms with Gasteiger partial charge in [0.2, 0.25) is 0 Å². The number of halogens is 1. The first-order chi connectivity index (χ1) is 15.6. The van der Waals surface area contributed by atoms with Crippen LogP contribution in [0, 0.1) is 11.7 Å². The van der Waals surface area contributed by atoms with Crippen LogP contribution in [0.5, 0.6) is 11.5 Å². The Morgan fingerprint density at radius 2 is 1.67 bits per heavy atom. The van der Waals surface area contributed by atoms with E-state index in [0.29, 0.717) is 5.39 Å². The van der Waals surface area contributed by atoms with Gasteiger partial charge in [0, 0.05) is 10.8 Å².